The van der Waals surface area contributed by atoms with Crippen LogP contribution in [0.2, 0.25) is 5.02 Å². The van der Waals surface area contributed by atoms with Crippen molar-refractivity contribution >= 4 is 29.2 Å². The summed E-state index contributed by atoms with van der Waals surface area (Å²) in [6, 6.07) is 3.01. The number of rotatable bonds is 11. The van der Waals surface area contributed by atoms with E-state index >= 15 is 0 Å². The van der Waals surface area contributed by atoms with Crippen LogP contribution in [0.15, 0.2) is 12.1 Å². The summed E-state index contributed by atoms with van der Waals surface area (Å²) < 4.78 is 11.0. The van der Waals surface area contributed by atoms with Gasteiger partial charge in [-0.05, 0) is 44.2 Å². The standard InChI is InChI=1S/C21H32ClN3O5/c1-14(10-20(26)27)4-3-7-25-8-5-15(6-9-25)30-13-24-21(28)16-11-17(22)18(23)12-19(16)29-2/h11-12,14-15H,3-10,13,23H2,1-2H3,(H,24,28)(H,26,27). The average Bonchev–Trinajstić information content (AvgIpc) is 2.70. The second kappa shape index (κ2) is 12.0. The van der Waals surface area contributed by atoms with Gasteiger partial charge < -0.3 is 30.5 Å². The summed E-state index contributed by atoms with van der Waals surface area (Å²) >= 11 is 6.01. The molecule has 1 fully saturated rings. The van der Waals surface area contributed by atoms with Crippen LogP contribution in [0.1, 0.15) is 49.4 Å². The largest absolute Gasteiger partial charge is 0.496 e. The Kier molecular flexibility index (Phi) is 9.68. The van der Waals surface area contributed by atoms with Crippen LogP contribution in [0.25, 0.3) is 0 Å². The highest BCUT2D eigenvalue weighted by Gasteiger charge is 2.20. The fourth-order valence-electron chi connectivity index (χ4n) is 3.60. The number of methoxy groups -OCH3 is 1. The highest BCUT2D eigenvalue weighted by atomic mass is 35.5. The summed E-state index contributed by atoms with van der Waals surface area (Å²) in [6.07, 6.45) is 4.06. The van der Waals surface area contributed by atoms with Crippen LogP contribution < -0.4 is 15.8 Å². The fraction of sp³-hybridized carbons (Fsp3) is 0.619. The van der Waals surface area contributed by atoms with E-state index in [1.165, 1.54) is 19.2 Å². The highest BCUT2D eigenvalue weighted by molar-refractivity contribution is 6.33. The van der Waals surface area contributed by atoms with Crippen LogP contribution in [0, 0.1) is 5.92 Å². The number of halogens is 1. The number of nitrogen functional groups attached to an aromatic ring is 1. The van der Waals surface area contributed by atoms with E-state index in [0.717, 1.165) is 45.3 Å². The van der Waals surface area contributed by atoms with E-state index in [2.05, 4.69) is 10.2 Å². The maximum absolute atomic E-state index is 12.4. The summed E-state index contributed by atoms with van der Waals surface area (Å²) in [5, 5.41) is 11.8. The molecule has 0 aromatic heterocycles. The van der Waals surface area contributed by atoms with Crippen molar-refractivity contribution in [3.8, 4) is 5.75 Å². The van der Waals surface area contributed by atoms with Gasteiger partial charge in [-0.3, -0.25) is 9.59 Å². The van der Waals surface area contributed by atoms with Gasteiger partial charge in [0.05, 0.1) is 29.5 Å². The second-order valence-electron chi connectivity index (χ2n) is 7.78. The van der Waals surface area contributed by atoms with Crippen LogP contribution in [-0.2, 0) is 9.53 Å². The molecule has 1 saturated heterocycles. The molecule has 1 aliphatic rings. The third-order valence-electron chi connectivity index (χ3n) is 5.34. The Balaban J connectivity index is 1.66. The van der Waals surface area contributed by atoms with E-state index in [1.807, 2.05) is 6.92 Å². The molecular weight excluding hydrogens is 410 g/mol. The average molecular weight is 442 g/mol. The lowest BCUT2D eigenvalue weighted by molar-refractivity contribution is -0.138. The number of piperidine rings is 1. The number of amides is 1. The van der Waals surface area contributed by atoms with Gasteiger partial charge in [0.2, 0.25) is 0 Å². The molecule has 1 heterocycles. The highest BCUT2D eigenvalue weighted by Crippen LogP contribution is 2.28. The first-order valence-corrected chi connectivity index (χ1v) is 10.6. The van der Waals surface area contributed by atoms with E-state index < -0.39 is 5.97 Å². The van der Waals surface area contributed by atoms with E-state index in [0.29, 0.717) is 22.0 Å². The molecule has 1 atom stereocenters. The van der Waals surface area contributed by atoms with E-state index in [4.69, 9.17) is 31.9 Å². The lowest BCUT2D eigenvalue weighted by Crippen LogP contribution is -2.39. The lowest BCUT2D eigenvalue weighted by Gasteiger charge is -2.32. The van der Waals surface area contributed by atoms with Crippen molar-refractivity contribution in [2.24, 2.45) is 5.92 Å². The third-order valence-corrected chi connectivity index (χ3v) is 5.67. The smallest absolute Gasteiger partial charge is 0.303 e. The Morgan fingerprint density at radius 2 is 2.07 bits per heavy atom. The van der Waals surface area contributed by atoms with Crippen LogP contribution in [0.4, 0.5) is 5.69 Å². The number of carbonyl (C=O) groups is 2. The van der Waals surface area contributed by atoms with Crippen LogP contribution in [0.3, 0.4) is 0 Å². The van der Waals surface area contributed by atoms with Crippen molar-refractivity contribution in [3.05, 3.63) is 22.7 Å². The minimum atomic E-state index is -0.731. The van der Waals surface area contributed by atoms with Gasteiger partial charge in [0.1, 0.15) is 12.5 Å². The molecule has 1 aromatic carbocycles. The van der Waals surface area contributed by atoms with Gasteiger partial charge in [-0.2, -0.15) is 0 Å². The maximum atomic E-state index is 12.4. The molecule has 0 aliphatic carbocycles. The van der Waals surface area contributed by atoms with Crippen LogP contribution in [-0.4, -0.2) is 61.5 Å². The minimum Gasteiger partial charge on any atom is -0.496 e. The van der Waals surface area contributed by atoms with E-state index in [1.54, 1.807) is 0 Å². The SMILES string of the molecule is COc1cc(N)c(Cl)cc1C(=O)NCOC1CCN(CCCC(C)CC(=O)O)CC1. The predicted octanol–water partition coefficient (Wildman–Crippen LogP) is 2.99. The number of nitrogens with two attached hydrogens (primary N) is 1. The first-order valence-electron chi connectivity index (χ1n) is 10.3. The van der Waals surface area contributed by atoms with Crippen molar-refractivity contribution in [2.45, 2.75) is 45.1 Å². The van der Waals surface area contributed by atoms with Crippen molar-refractivity contribution in [2.75, 3.05) is 39.2 Å². The first-order chi connectivity index (χ1) is 14.3. The molecule has 1 amide bonds. The zero-order valence-electron chi connectivity index (χ0n) is 17.7. The molecule has 2 rings (SSSR count). The molecule has 0 bridgehead atoms. The zero-order valence-corrected chi connectivity index (χ0v) is 18.4. The Bertz CT molecular complexity index is 723. The number of carboxylic acid groups (broad SMARTS) is 1. The van der Waals surface area contributed by atoms with Gasteiger partial charge in [-0.25, -0.2) is 0 Å². The molecular formula is C21H32ClN3O5. The summed E-state index contributed by atoms with van der Waals surface area (Å²) in [6.45, 7) is 4.95. The molecule has 0 spiro atoms. The number of anilines is 1. The number of likely N-dealkylation sites (tertiary alicyclic amines) is 1. The number of nitrogens with one attached hydrogen (secondary N) is 1. The van der Waals surface area contributed by atoms with Crippen molar-refractivity contribution in [1.82, 2.24) is 10.2 Å². The van der Waals surface area contributed by atoms with Crippen molar-refractivity contribution < 1.29 is 24.2 Å². The fourth-order valence-corrected chi connectivity index (χ4v) is 3.76. The van der Waals surface area contributed by atoms with Crippen molar-refractivity contribution in [3.63, 3.8) is 0 Å². The molecule has 1 aliphatic heterocycles. The summed E-state index contributed by atoms with van der Waals surface area (Å²) in [5.74, 6) is -0.492. The summed E-state index contributed by atoms with van der Waals surface area (Å²) in [4.78, 5) is 25.5. The van der Waals surface area contributed by atoms with E-state index in [-0.39, 0.29) is 31.1 Å². The van der Waals surface area contributed by atoms with Crippen molar-refractivity contribution in [1.29, 1.82) is 0 Å². The lowest BCUT2D eigenvalue weighted by atomic mass is 10.0. The van der Waals surface area contributed by atoms with Gasteiger partial charge >= 0.3 is 5.97 Å². The summed E-state index contributed by atoms with van der Waals surface area (Å²) in [7, 11) is 1.47. The van der Waals surface area contributed by atoms with Gasteiger partial charge in [0.25, 0.3) is 5.91 Å². The number of carbonyl (C=O) groups excluding carboxylic acids is 1. The number of benzene rings is 1. The minimum absolute atomic E-state index is 0.101. The number of carboxylic acids is 1. The molecule has 168 valence electrons. The second-order valence-corrected chi connectivity index (χ2v) is 8.18. The molecule has 1 aromatic rings. The molecule has 8 nitrogen and oxygen atoms in total. The number of hydrogen-bond acceptors (Lipinski definition) is 6. The topological polar surface area (TPSA) is 114 Å². The third kappa shape index (κ3) is 7.66. The molecule has 0 saturated carbocycles. The Labute approximate surface area is 182 Å². The zero-order chi connectivity index (χ0) is 22.1. The Hall–Kier alpha value is -2.03. The van der Waals surface area contributed by atoms with Gasteiger partial charge in [-0.15, -0.1) is 0 Å². The Morgan fingerprint density at radius 3 is 2.70 bits per heavy atom. The summed E-state index contributed by atoms with van der Waals surface area (Å²) in [5.41, 5.74) is 6.41. The number of ether oxygens (including phenoxy) is 2. The van der Waals surface area contributed by atoms with Gasteiger partial charge in [0.15, 0.2) is 0 Å². The molecule has 9 heteroatoms. The van der Waals surface area contributed by atoms with Crippen LogP contribution >= 0.6 is 11.6 Å². The first kappa shape index (κ1) is 24.2. The van der Waals surface area contributed by atoms with Crippen LogP contribution in [0.5, 0.6) is 5.75 Å². The molecule has 30 heavy (non-hydrogen) atoms. The maximum Gasteiger partial charge on any atom is 0.303 e. The van der Waals surface area contributed by atoms with Gasteiger partial charge in [0, 0.05) is 25.6 Å². The van der Waals surface area contributed by atoms with Gasteiger partial charge in [-0.1, -0.05) is 18.5 Å². The predicted molar refractivity (Wildman–Crippen MR) is 116 cm³/mol. The molecule has 1 unspecified atom stereocenters. The monoisotopic (exact) mass is 441 g/mol. The molecule has 0 radical (unpaired) electrons. The number of hydrogen-bond donors (Lipinski definition) is 3. The normalized spacial score (nSPS) is 16.2. The Morgan fingerprint density at radius 1 is 1.37 bits per heavy atom. The number of aliphatic carboxylic acids is 1. The van der Waals surface area contributed by atoms with E-state index in [9.17, 15) is 9.59 Å². The quantitative estimate of drug-likeness (QED) is 0.357. The number of nitrogens with zero attached hydrogens (tertiary/aromatic N) is 1. The molecule has 4 N–H and O–H groups in total.